The third-order valence-corrected chi connectivity index (χ3v) is 4.76. The topological polar surface area (TPSA) is 95.8 Å². The molecule has 0 saturated carbocycles. The quantitative estimate of drug-likeness (QED) is 0.738. The third kappa shape index (κ3) is 4.52. The number of carbonyl (C=O) groups excluding carboxylic acids is 2. The highest BCUT2D eigenvalue weighted by Crippen LogP contribution is 2.28. The molecule has 0 fully saturated rings. The van der Waals surface area contributed by atoms with Crippen LogP contribution in [0.2, 0.25) is 0 Å². The Labute approximate surface area is 163 Å². The number of carboxylic acid groups (broad SMARTS) is 1. The second-order valence-corrected chi connectivity index (χ2v) is 6.78. The molecule has 1 aliphatic heterocycles. The van der Waals surface area contributed by atoms with Crippen LogP contribution in [0.15, 0.2) is 47.5 Å². The molecular weight excluding hydrogens is 356 g/mol. The Morgan fingerprint density at radius 3 is 2.50 bits per heavy atom. The number of benzene rings is 2. The summed E-state index contributed by atoms with van der Waals surface area (Å²) in [4.78, 5) is 40.1. The van der Waals surface area contributed by atoms with Gasteiger partial charge >= 0.3 is 5.97 Å². The highest BCUT2D eigenvalue weighted by atomic mass is 16.4. The summed E-state index contributed by atoms with van der Waals surface area (Å²) in [6.07, 6.45) is 3.42. The number of aliphatic carboxylic acids is 1. The summed E-state index contributed by atoms with van der Waals surface area (Å²) in [5, 5.41) is 12.1. The fourth-order valence-corrected chi connectivity index (χ4v) is 3.14. The van der Waals surface area contributed by atoms with Gasteiger partial charge in [0.25, 0.3) is 5.91 Å². The number of carboxylic acids is 1. The van der Waals surface area contributed by atoms with Crippen molar-refractivity contribution in [3.63, 3.8) is 0 Å². The van der Waals surface area contributed by atoms with E-state index >= 15 is 0 Å². The van der Waals surface area contributed by atoms with E-state index in [0.29, 0.717) is 30.5 Å². The number of hydrogen-bond acceptors (Lipinski definition) is 4. The van der Waals surface area contributed by atoms with Gasteiger partial charge in [-0.25, -0.2) is 4.79 Å². The van der Waals surface area contributed by atoms with Crippen molar-refractivity contribution in [1.29, 1.82) is 0 Å². The number of nitrogens with one attached hydrogen (secondary N) is 1. The lowest BCUT2D eigenvalue weighted by Crippen LogP contribution is -2.42. The monoisotopic (exact) mass is 378 g/mol. The standard InChI is InChI=1S/C22H22N2O4/c1-2-17(25)12-14-6-8-15(9-7-14)13-19(22(27)28)24-21(26)18-5-3-4-16-10-11-23-20(16)18/h3-9,11,19H,2,10,12-13H2,1H3,(H,24,26)(H,27,28)/t19-/m0/s1. The van der Waals surface area contributed by atoms with Crippen LogP contribution in [-0.4, -0.2) is 35.0 Å². The number of aliphatic imine (C=N–C) groups is 1. The summed E-state index contributed by atoms with van der Waals surface area (Å²) in [6.45, 7) is 1.82. The molecule has 0 unspecified atom stereocenters. The lowest BCUT2D eigenvalue weighted by Gasteiger charge is -2.16. The van der Waals surface area contributed by atoms with Crippen LogP contribution in [0, 0.1) is 0 Å². The molecule has 0 aliphatic carbocycles. The zero-order valence-corrected chi connectivity index (χ0v) is 15.6. The zero-order valence-electron chi connectivity index (χ0n) is 15.6. The summed E-state index contributed by atoms with van der Waals surface area (Å²) >= 11 is 0. The molecule has 1 aliphatic rings. The molecule has 6 heteroatoms. The summed E-state index contributed by atoms with van der Waals surface area (Å²) in [7, 11) is 0. The first-order chi connectivity index (χ1) is 13.5. The smallest absolute Gasteiger partial charge is 0.326 e. The van der Waals surface area contributed by atoms with Gasteiger partial charge in [0.05, 0.1) is 11.3 Å². The van der Waals surface area contributed by atoms with E-state index < -0.39 is 17.9 Å². The van der Waals surface area contributed by atoms with Crippen molar-refractivity contribution in [2.45, 2.75) is 38.6 Å². The summed E-state index contributed by atoms with van der Waals surface area (Å²) < 4.78 is 0. The average Bonchev–Trinajstić information content (AvgIpc) is 3.17. The van der Waals surface area contributed by atoms with E-state index in [1.165, 1.54) is 0 Å². The van der Waals surface area contributed by atoms with Crippen molar-refractivity contribution < 1.29 is 19.5 Å². The van der Waals surface area contributed by atoms with Crippen molar-refractivity contribution in [2.75, 3.05) is 0 Å². The first-order valence-corrected chi connectivity index (χ1v) is 9.25. The molecule has 1 amide bonds. The number of nitrogens with zero attached hydrogens (tertiary/aromatic N) is 1. The molecule has 144 valence electrons. The number of rotatable bonds is 8. The number of para-hydroxylation sites is 1. The van der Waals surface area contributed by atoms with Crippen molar-refractivity contribution in [1.82, 2.24) is 5.32 Å². The Kier molecular flexibility index (Phi) is 5.99. The Balaban J connectivity index is 1.70. The molecule has 6 nitrogen and oxygen atoms in total. The number of ketones is 1. The van der Waals surface area contributed by atoms with Crippen LogP contribution in [0.3, 0.4) is 0 Å². The fourth-order valence-electron chi connectivity index (χ4n) is 3.14. The minimum Gasteiger partial charge on any atom is -0.480 e. The Morgan fingerprint density at radius 1 is 1.11 bits per heavy atom. The molecule has 1 atom stereocenters. The van der Waals surface area contributed by atoms with Crippen LogP contribution in [0.1, 0.15) is 40.4 Å². The summed E-state index contributed by atoms with van der Waals surface area (Å²) in [5.41, 5.74) is 3.61. The molecule has 2 N–H and O–H groups in total. The van der Waals surface area contributed by atoms with Crippen LogP contribution >= 0.6 is 0 Å². The lowest BCUT2D eigenvalue weighted by molar-refractivity contribution is -0.139. The highest BCUT2D eigenvalue weighted by Gasteiger charge is 2.24. The molecule has 0 bridgehead atoms. The largest absolute Gasteiger partial charge is 0.480 e. The van der Waals surface area contributed by atoms with Gasteiger partial charge in [-0.3, -0.25) is 14.6 Å². The van der Waals surface area contributed by atoms with Gasteiger partial charge in [-0.15, -0.1) is 0 Å². The minimum absolute atomic E-state index is 0.154. The van der Waals surface area contributed by atoms with Gasteiger partial charge in [0.1, 0.15) is 11.8 Å². The molecule has 0 aromatic heterocycles. The number of carbonyl (C=O) groups is 3. The molecule has 1 heterocycles. The van der Waals surface area contributed by atoms with Crippen molar-refractivity contribution in [3.05, 3.63) is 64.7 Å². The minimum atomic E-state index is -1.10. The third-order valence-electron chi connectivity index (χ3n) is 4.76. The SMILES string of the molecule is CCC(=O)Cc1ccc(C[C@H](NC(=O)c2cccc3c2N=CC3)C(=O)O)cc1. The van der Waals surface area contributed by atoms with E-state index in [1.54, 1.807) is 30.5 Å². The molecule has 0 radical (unpaired) electrons. The number of hydrogen-bond donors (Lipinski definition) is 2. The van der Waals surface area contributed by atoms with Crippen molar-refractivity contribution >= 4 is 29.6 Å². The second-order valence-electron chi connectivity index (χ2n) is 6.78. The van der Waals surface area contributed by atoms with E-state index in [-0.39, 0.29) is 12.2 Å². The second kappa shape index (κ2) is 8.61. The van der Waals surface area contributed by atoms with E-state index in [1.807, 2.05) is 25.1 Å². The maximum Gasteiger partial charge on any atom is 0.326 e. The van der Waals surface area contributed by atoms with Crippen molar-refractivity contribution in [2.24, 2.45) is 4.99 Å². The van der Waals surface area contributed by atoms with E-state index in [4.69, 9.17) is 0 Å². The molecule has 28 heavy (non-hydrogen) atoms. The molecule has 2 aromatic carbocycles. The number of fused-ring (bicyclic) bond motifs is 1. The maximum absolute atomic E-state index is 12.6. The number of Topliss-reactive ketones (excluding diaryl/α,β-unsaturated/α-hetero) is 1. The van der Waals surface area contributed by atoms with Gasteiger partial charge in [0, 0.05) is 31.9 Å². The predicted octanol–water partition coefficient (Wildman–Crippen LogP) is 2.89. The maximum atomic E-state index is 12.6. The predicted molar refractivity (Wildman–Crippen MR) is 106 cm³/mol. The van der Waals surface area contributed by atoms with Crippen molar-refractivity contribution in [3.8, 4) is 0 Å². The first kappa shape index (κ1) is 19.5. The van der Waals surface area contributed by atoms with Crippen LogP contribution in [0.25, 0.3) is 0 Å². The van der Waals surface area contributed by atoms with E-state index in [9.17, 15) is 19.5 Å². The average molecular weight is 378 g/mol. The fraction of sp³-hybridized carbons (Fsp3) is 0.273. The van der Waals surface area contributed by atoms with Gasteiger partial charge in [0.2, 0.25) is 0 Å². The normalized spacial score (nSPS) is 13.0. The molecule has 3 rings (SSSR count). The Bertz CT molecular complexity index is 932. The van der Waals surface area contributed by atoms with Crippen LogP contribution in [-0.2, 0) is 28.9 Å². The van der Waals surface area contributed by atoms with Gasteiger partial charge in [-0.1, -0.05) is 43.3 Å². The van der Waals surface area contributed by atoms with Gasteiger partial charge in [0.15, 0.2) is 0 Å². The summed E-state index contributed by atoms with van der Waals surface area (Å²) in [6, 6.07) is 11.5. The van der Waals surface area contributed by atoms with E-state index in [0.717, 1.165) is 16.7 Å². The Hall–Kier alpha value is -3.28. The lowest BCUT2D eigenvalue weighted by atomic mass is 10.0. The highest BCUT2D eigenvalue weighted by molar-refractivity contribution is 6.02. The Morgan fingerprint density at radius 2 is 1.82 bits per heavy atom. The van der Waals surface area contributed by atoms with Gasteiger partial charge < -0.3 is 10.4 Å². The van der Waals surface area contributed by atoms with Crippen LogP contribution < -0.4 is 5.32 Å². The van der Waals surface area contributed by atoms with Gasteiger partial charge in [-0.2, -0.15) is 0 Å². The zero-order chi connectivity index (χ0) is 20.1. The first-order valence-electron chi connectivity index (χ1n) is 9.25. The molecular formula is C22H22N2O4. The molecule has 0 spiro atoms. The number of amides is 1. The van der Waals surface area contributed by atoms with Crippen LogP contribution in [0.5, 0.6) is 0 Å². The van der Waals surface area contributed by atoms with Crippen LogP contribution in [0.4, 0.5) is 5.69 Å². The van der Waals surface area contributed by atoms with E-state index in [2.05, 4.69) is 10.3 Å². The summed E-state index contributed by atoms with van der Waals surface area (Å²) in [5.74, 6) is -1.40. The molecule has 2 aromatic rings. The van der Waals surface area contributed by atoms with Gasteiger partial charge in [-0.05, 0) is 22.8 Å². The molecule has 0 saturated heterocycles.